The molecule has 2 atom stereocenters. The Morgan fingerprint density at radius 3 is 2.54 bits per heavy atom. The van der Waals surface area contributed by atoms with Crippen LogP contribution in [0.4, 0.5) is 0 Å². The van der Waals surface area contributed by atoms with E-state index in [4.69, 9.17) is 4.52 Å². The Hall–Kier alpha value is -2.71. The summed E-state index contributed by atoms with van der Waals surface area (Å²) < 4.78 is 6.93. The average molecular weight is 386 g/mol. The van der Waals surface area contributed by atoms with Crippen molar-refractivity contribution in [2.75, 3.05) is 13.1 Å². The number of carbonyl (C=O) groups is 2. The summed E-state index contributed by atoms with van der Waals surface area (Å²) in [7, 11) is 1.84. The molecule has 9 heteroatoms. The highest BCUT2D eigenvalue weighted by atomic mass is 16.5. The molecule has 0 spiro atoms. The van der Waals surface area contributed by atoms with Crippen molar-refractivity contribution in [2.45, 2.75) is 51.6 Å². The summed E-state index contributed by atoms with van der Waals surface area (Å²) in [4.78, 5) is 34.0. The topological polar surface area (TPSA) is 97.4 Å². The van der Waals surface area contributed by atoms with E-state index in [9.17, 15) is 9.59 Å². The third-order valence-electron chi connectivity index (χ3n) is 5.51. The molecule has 2 aliphatic rings. The molecule has 0 bridgehead atoms. The van der Waals surface area contributed by atoms with Crippen LogP contribution in [0, 0.1) is 12.8 Å². The van der Waals surface area contributed by atoms with Crippen molar-refractivity contribution in [3.05, 3.63) is 29.7 Å². The van der Waals surface area contributed by atoms with Crippen LogP contribution in [0.2, 0.25) is 0 Å². The lowest BCUT2D eigenvalue weighted by molar-refractivity contribution is -0.141. The summed E-state index contributed by atoms with van der Waals surface area (Å²) in [6, 6.07) is -0.307. The van der Waals surface area contributed by atoms with Crippen LogP contribution < -0.4 is 0 Å². The van der Waals surface area contributed by atoms with E-state index in [-0.39, 0.29) is 35.7 Å². The molecule has 2 fully saturated rings. The van der Waals surface area contributed by atoms with Crippen LogP contribution in [0.3, 0.4) is 0 Å². The summed E-state index contributed by atoms with van der Waals surface area (Å²) in [5.41, 5.74) is 0.511. The Labute approximate surface area is 163 Å². The molecule has 2 amide bonds. The van der Waals surface area contributed by atoms with Gasteiger partial charge in [-0.25, -0.2) is 0 Å². The SMILES string of the molecule is Cc1noc(C2CN(C(=O)C3CC(=O)N(C(C)(C)C)C3c3cnn(C)c3)C2)n1. The first-order chi connectivity index (χ1) is 13.1. The lowest BCUT2D eigenvalue weighted by atomic mass is 9.89. The second kappa shape index (κ2) is 6.42. The van der Waals surface area contributed by atoms with E-state index in [0.29, 0.717) is 24.8 Å². The lowest BCUT2D eigenvalue weighted by Gasteiger charge is -2.41. The van der Waals surface area contributed by atoms with E-state index >= 15 is 0 Å². The first-order valence-corrected chi connectivity index (χ1v) is 9.55. The maximum absolute atomic E-state index is 13.3. The van der Waals surface area contributed by atoms with Crippen molar-refractivity contribution in [3.8, 4) is 0 Å². The summed E-state index contributed by atoms with van der Waals surface area (Å²) in [5, 5.41) is 8.07. The summed E-state index contributed by atoms with van der Waals surface area (Å²) in [5.74, 6) is 0.827. The van der Waals surface area contributed by atoms with Gasteiger partial charge in [0.1, 0.15) is 0 Å². The van der Waals surface area contributed by atoms with Gasteiger partial charge in [0, 0.05) is 43.9 Å². The van der Waals surface area contributed by atoms with Crippen LogP contribution in [-0.4, -0.2) is 60.2 Å². The van der Waals surface area contributed by atoms with E-state index in [1.807, 2.05) is 38.9 Å². The highest BCUT2D eigenvalue weighted by Crippen LogP contribution is 2.44. The Morgan fingerprint density at radius 2 is 2.00 bits per heavy atom. The molecule has 0 aromatic carbocycles. The van der Waals surface area contributed by atoms with Gasteiger partial charge >= 0.3 is 0 Å². The highest BCUT2D eigenvalue weighted by Gasteiger charge is 2.51. The number of likely N-dealkylation sites (tertiary alicyclic amines) is 2. The number of aromatic nitrogens is 4. The normalized spacial score (nSPS) is 23.4. The second-order valence-electron chi connectivity index (χ2n) is 8.76. The number of hydrogen-bond acceptors (Lipinski definition) is 6. The molecule has 0 radical (unpaired) electrons. The Kier molecular flexibility index (Phi) is 4.28. The van der Waals surface area contributed by atoms with Gasteiger partial charge in [-0.1, -0.05) is 5.16 Å². The minimum Gasteiger partial charge on any atom is -0.341 e. The number of aryl methyl sites for hydroxylation is 2. The van der Waals surface area contributed by atoms with Crippen molar-refractivity contribution >= 4 is 11.8 Å². The van der Waals surface area contributed by atoms with E-state index in [2.05, 4.69) is 15.2 Å². The Bertz CT molecular complexity index is 905. The molecule has 0 saturated carbocycles. The van der Waals surface area contributed by atoms with Gasteiger partial charge in [0.05, 0.1) is 24.1 Å². The van der Waals surface area contributed by atoms with Crippen LogP contribution in [-0.2, 0) is 16.6 Å². The Morgan fingerprint density at radius 1 is 1.29 bits per heavy atom. The molecular weight excluding hydrogens is 360 g/mol. The summed E-state index contributed by atoms with van der Waals surface area (Å²) in [6.07, 6.45) is 3.86. The smallest absolute Gasteiger partial charge is 0.233 e. The minimum absolute atomic E-state index is 0.00133. The average Bonchev–Trinajstić information content (AvgIpc) is 3.24. The number of amides is 2. The summed E-state index contributed by atoms with van der Waals surface area (Å²) in [6.45, 7) is 8.86. The third-order valence-corrected chi connectivity index (χ3v) is 5.51. The number of nitrogens with zero attached hydrogens (tertiary/aromatic N) is 6. The minimum atomic E-state index is -0.415. The van der Waals surface area contributed by atoms with Gasteiger partial charge in [0.2, 0.25) is 17.7 Å². The van der Waals surface area contributed by atoms with Crippen molar-refractivity contribution in [1.82, 2.24) is 29.7 Å². The van der Waals surface area contributed by atoms with Crippen molar-refractivity contribution in [2.24, 2.45) is 13.0 Å². The molecule has 2 aliphatic heterocycles. The fraction of sp³-hybridized carbons (Fsp3) is 0.632. The maximum atomic E-state index is 13.3. The zero-order valence-corrected chi connectivity index (χ0v) is 16.9. The van der Waals surface area contributed by atoms with Gasteiger partial charge in [0.15, 0.2) is 5.82 Å². The van der Waals surface area contributed by atoms with Gasteiger partial charge in [-0.3, -0.25) is 14.3 Å². The predicted molar refractivity (Wildman–Crippen MR) is 99.0 cm³/mol. The Balaban J connectivity index is 1.55. The van der Waals surface area contributed by atoms with Crippen LogP contribution in [0.15, 0.2) is 16.9 Å². The van der Waals surface area contributed by atoms with Crippen LogP contribution in [0.5, 0.6) is 0 Å². The van der Waals surface area contributed by atoms with Crippen LogP contribution in [0.1, 0.15) is 56.4 Å². The van der Waals surface area contributed by atoms with E-state index in [1.165, 1.54) is 0 Å². The first-order valence-electron chi connectivity index (χ1n) is 9.55. The fourth-order valence-electron chi connectivity index (χ4n) is 4.25. The largest absolute Gasteiger partial charge is 0.341 e. The van der Waals surface area contributed by atoms with E-state index in [0.717, 1.165) is 5.56 Å². The molecule has 9 nitrogen and oxygen atoms in total. The van der Waals surface area contributed by atoms with E-state index < -0.39 is 5.92 Å². The molecular formula is C19H26N6O3. The molecule has 0 N–H and O–H groups in total. The molecule has 150 valence electrons. The van der Waals surface area contributed by atoms with Gasteiger partial charge in [-0.2, -0.15) is 10.1 Å². The first kappa shape index (κ1) is 18.6. The number of rotatable bonds is 3. The van der Waals surface area contributed by atoms with Gasteiger partial charge in [-0.05, 0) is 27.7 Å². The monoisotopic (exact) mass is 386 g/mol. The number of carbonyl (C=O) groups excluding carboxylic acids is 2. The van der Waals surface area contributed by atoms with Gasteiger partial charge in [-0.15, -0.1) is 0 Å². The molecule has 2 saturated heterocycles. The molecule has 2 unspecified atom stereocenters. The molecule has 4 heterocycles. The van der Waals surface area contributed by atoms with Crippen LogP contribution >= 0.6 is 0 Å². The molecule has 4 rings (SSSR count). The zero-order chi connectivity index (χ0) is 20.2. The lowest BCUT2D eigenvalue weighted by Crippen LogP contribution is -2.52. The number of hydrogen-bond donors (Lipinski definition) is 0. The van der Waals surface area contributed by atoms with Crippen LogP contribution in [0.25, 0.3) is 0 Å². The van der Waals surface area contributed by atoms with E-state index in [1.54, 1.807) is 22.7 Å². The predicted octanol–water partition coefficient (Wildman–Crippen LogP) is 1.43. The van der Waals surface area contributed by atoms with Crippen molar-refractivity contribution in [3.63, 3.8) is 0 Å². The molecule has 28 heavy (non-hydrogen) atoms. The second-order valence-corrected chi connectivity index (χ2v) is 8.76. The zero-order valence-electron chi connectivity index (χ0n) is 16.9. The van der Waals surface area contributed by atoms with Crippen molar-refractivity contribution in [1.29, 1.82) is 0 Å². The maximum Gasteiger partial charge on any atom is 0.233 e. The fourth-order valence-corrected chi connectivity index (χ4v) is 4.25. The molecule has 0 aliphatic carbocycles. The third kappa shape index (κ3) is 3.08. The summed E-state index contributed by atoms with van der Waals surface area (Å²) >= 11 is 0. The standard InChI is InChI=1S/C19H26N6O3/c1-11-21-17(28-22-11)13-9-24(10-13)18(27)14-6-15(26)25(19(2,3)4)16(14)12-7-20-23(5)8-12/h7-8,13-14,16H,6,9-10H2,1-5H3. The molecule has 2 aromatic heterocycles. The quantitative estimate of drug-likeness (QED) is 0.791. The van der Waals surface area contributed by atoms with Crippen molar-refractivity contribution < 1.29 is 14.1 Å². The molecule has 2 aromatic rings. The highest BCUT2D eigenvalue weighted by molar-refractivity contribution is 5.91. The van der Waals surface area contributed by atoms with Gasteiger partial charge < -0.3 is 14.3 Å². The van der Waals surface area contributed by atoms with Gasteiger partial charge in [0.25, 0.3) is 0 Å².